The summed E-state index contributed by atoms with van der Waals surface area (Å²) in [4.78, 5) is 12.4. The minimum absolute atomic E-state index is 0.0582. The van der Waals surface area contributed by atoms with Crippen molar-refractivity contribution in [2.45, 2.75) is 353 Å². The number of hydrogen-bond donors (Lipinski definition) is 3. The van der Waals surface area contributed by atoms with E-state index in [9.17, 15) is 15.0 Å². The van der Waals surface area contributed by atoms with Crippen LogP contribution < -0.4 is 5.32 Å². The average Bonchev–Trinajstić information content (AvgIpc) is 3.29. The van der Waals surface area contributed by atoms with Crippen molar-refractivity contribution in [3.8, 4) is 0 Å². The highest BCUT2D eigenvalue weighted by molar-refractivity contribution is 5.76. The largest absolute Gasteiger partial charge is 0.394 e. The van der Waals surface area contributed by atoms with Crippen molar-refractivity contribution in [2.24, 2.45) is 0 Å². The summed E-state index contributed by atoms with van der Waals surface area (Å²) in [6, 6.07) is -0.616. The van der Waals surface area contributed by atoms with E-state index in [1.54, 1.807) is 6.08 Å². The molecule has 0 aliphatic rings. The van der Waals surface area contributed by atoms with Crippen molar-refractivity contribution in [2.75, 3.05) is 6.61 Å². The topological polar surface area (TPSA) is 69.6 Å². The Labute approximate surface area is 397 Å². The van der Waals surface area contributed by atoms with E-state index < -0.39 is 12.1 Å². The van der Waals surface area contributed by atoms with Crippen LogP contribution in [0.25, 0.3) is 0 Å². The summed E-state index contributed by atoms with van der Waals surface area (Å²) in [7, 11) is 0. The quantitative estimate of drug-likeness (QED) is 0.0421. The second-order valence-electron chi connectivity index (χ2n) is 20.4. The standard InChI is InChI=1S/C59H117NO3/c1-3-5-7-9-11-13-15-16-17-18-19-20-21-22-23-24-25-26-27-28-29-30-31-32-33-34-35-36-37-38-39-40-41-42-43-45-47-49-51-53-55-59(63)60-57(56-61)58(62)54-52-50-48-46-44-14-12-10-8-6-4-2/h52,54,57-58,61-62H,3-51,53,55-56H2,1-2H3,(H,60,63)/b54-52+. The number of rotatable bonds is 55. The lowest BCUT2D eigenvalue weighted by atomic mass is 10.0. The molecule has 0 radical (unpaired) electrons. The van der Waals surface area contributed by atoms with Crippen molar-refractivity contribution in [1.82, 2.24) is 5.32 Å². The zero-order valence-electron chi connectivity index (χ0n) is 43.4. The molecule has 0 aromatic carbocycles. The van der Waals surface area contributed by atoms with Crippen molar-refractivity contribution in [1.29, 1.82) is 0 Å². The molecule has 0 aliphatic heterocycles. The lowest BCUT2D eigenvalue weighted by Gasteiger charge is -2.20. The molecule has 63 heavy (non-hydrogen) atoms. The Morgan fingerprint density at radius 3 is 0.825 bits per heavy atom. The van der Waals surface area contributed by atoms with Crippen LogP contribution in [0.5, 0.6) is 0 Å². The lowest BCUT2D eigenvalue weighted by molar-refractivity contribution is -0.123. The lowest BCUT2D eigenvalue weighted by Crippen LogP contribution is -2.45. The van der Waals surface area contributed by atoms with Gasteiger partial charge in [0.15, 0.2) is 0 Å². The third-order valence-electron chi connectivity index (χ3n) is 14.0. The zero-order valence-corrected chi connectivity index (χ0v) is 43.4. The van der Waals surface area contributed by atoms with Crippen LogP contribution in [0.2, 0.25) is 0 Å². The third-order valence-corrected chi connectivity index (χ3v) is 14.0. The molecule has 0 aromatic rings. The van der Waals surface area contributed by atoms with Crippen LogP contribution in [0.1, 0.15) is 341 Å². The first kappa shape index (κ1) is 62.1. The maximum absolute atomic E-state index is 12.4. The highest BCUT2D eigenvalue weighted by Gasteiger charge is 2.18. The summed E-state index contributed by atoms with van der Waals surface area (Å²) in [6.07, 6.45) is 72.8. The molecule has 0 spiro atoms. The Morgan fingerprint density at radius 2 is 0.587 bits per heavy atom. The normalized spacial score (nSPS) is 12.8. The second kappa shape index (κ2) is 55.5. The van der Waals surface area contributed by atoms with Crippen LogP contribution in [0.3, 0.4) is 0 Å². The molecule has 0 saturated heterocycles. The van der Waals surface area contributed by atoms with Gasteiger partial charge in [-0.2, -0.15) is 0 Å². The predicted molar refractivity (Wildman–Crippen MR) is 281 cm³/mol. The van der Waals surface area contributed by atoms with E-state index in [-0.39, 0.29) is 12.5 Å². The van der Waals surface area contributed by atoms with Gasteiger partial charge in [0.05, 0.1) is 18.8 Å². The minimum atomic E-state index is -0.833. The van der Waals surface area contributed by atoms with Gasteiger partial charge in [0, 0.05) is 6.42 Å². The second-order valence-corrected chi connectivity index (χ2v) is 20.4. The molecule has 0 bridgehead atoms. The fraction of sp³-hybridized carbons (Fsp3) is 0.949. The molecule has 4 heteroatoms. The van der Waals surface area contributed by atoms with Crippen molar-refractivity contribution in [3.63, 3.8) is 0 Å². The fourth-order valence-electron chi connectivity index (χ4n) is 9.54. The highest BCUT2D eigenvalue weighted by Crippen LogP contribution is 2.18. The van der Waals surface area contributed by atoms with Gasteiger partial charge in [-0.05, 0) is 19.3 Å². The maximum atomic E-state index is 12.4. The van der Waals surface area contributed by atoms with Crippen molar-refractivity contribution < 1.29 is 15.0 Å². The number of aliphatic hydroxyl groups is 2. The number of aliphatic hydroxyl groups excluding tert-OH is 2. The molecule has 3 N–H and O–H groups in total. The van der Waals surface area contributed by atoms with Crippen LogP contribution in [-0.4, -0.2) is 34.9 Å². The number of carbonyl (C=O) groups is 1. The van der Waals surface area contributed by atoms with E-state index in [0.717, 1.165) is 25.7 Å². The Kier molecular flexibility index (Phi) is 54.7. The molecule has 0 heterocycles. The van der Waals surface area contributed by atoms with Gasteiger partial charge in [-0.25, -0.2) is 0 Å². The van der Waals surface area contributed by atoms with E-state index in [0.29, 0.717) is 6.42 Å². The molecule has 4 nitrogen and oxygen atoms in total. The van der Waals surface area contributed by atoms with E-state index in [4.69, 9.17) is 0 Å². The van der Waals surface area contributed by atoms with Gasteiger partial charge in [0.1, 0.15) is 0 Å². The number of carbonyl (C=O) groups excluding carboxylic acids is 1. The summed E-state index contributed by atoms with van der Waals surface area (Å²) >= 11 is 0. The molecule has 0 rings (SSSR count). The van der Waals surface area contributed by atoms with E-state index in [1.165, 1.54) is 295 Å². The molecule has 2 atom stereocenters. The monoisotopic (exact) mass is 888 g/mol. The molecule has 0 saturated carbocycles. The van der Waals surface area contributed by atoms with Crippen LogP contribution in [-0.2, 0) is 4.79 Å². The van der Waals surface area contributed by atoms with Crippen LogP contribution in [0.4, 0.5) is 0 Å². The number of unbranched alkanes of at least 4 members (excludes halogenated alkanes) is 48. The summed E-state index contributed by atoms with van der Waals surface area (Å²) < 4.78 is 0. The third kappa shape index (κ3) is 52.0. The van der Waals surface area contributed by atoms with Gasteiger partial charge in [-0.3, -0.25) is 4.79 Å². The smallest absolute Gasteiger partial charge is 0.220 e. The van der Waals surface area contributed by atoms with Crippen LogP contribution >= 0.6 is 0 Å². The highest BCUT2D eigenvalue weighted by atomic mass is 16.3. The van der Waals surface area contributed by atoms with Crippen molar-refractivity contribution >= 4 is 5.91 Å². The number of hydrogen-bond acceptors (Lipinski definition) is 3. The molecule has 0 aromatic heterocycles. The van der Waals surface area contributed by atoms with E-state index in [2.05, 4.69) is 19.2 Å². The van der Waals surface area contributed by atoms with Gasteiger partial charge in [0.2, 0.25) is 5.91 Å². The van der Waals surface area contributed by atoms with Crippen LogP contribution in [0, 0.1) is 0 Å². The van der Waals surface area contributed by atoms with E-state index >= 15 is 0 Å². The Hall–Kier alpha value is -0.870. The fourth-order valence-corrected chi connectivity index (χ4v) is 9.54. The first-order chi connectivity index (χ1) is 31.2. The van der Waals surface area contributed by atoms with Crippen LogP contribution in [0.15, 0.2) is 12.2 Å². The SMILES string of the molecule is CCCCCCCCCCC/C=C/C(O)C(CO)NC(=O)CCCCCCCCCCCCCCCCCCCCCCCCCCCCCCCCCCCCCCCCCC. The summed E-state index contributed by atoms with van der Waals surface area (Å²) in [5, 5.41) is 23.0. The Balaban J connectivity index is 3.31. The van der Waals surface area contributed by atoms with E-state index in [1.807, 2.05) is 6.08 Å². The molecule has 0 aliphatic carbocycles. The van der Waals surface area contributed by atoms with Gasteiger partial charge in [0.25, 0.3) is 0 Å². The number of amides is 1. The molecule has 2 unspecified atom stereocenters. The molecule has 0 fully saturated rings. The summed E-state index contributed by atoms with van der Waals surface area (Å²) in [5.74, 6) is -0.0582. The average molecular weight is 889 g/mol. The molecule has 376 valence electrons. The number of nitrogens with one attached hydrogen (secondary N) is 1. The molecular weight excluding hydrogens is 771 g/mol. The summed E-state index contributed by atoms with van der Waals surface area (Å²) in [6.45, 7) is 4.33. The van der Waals surface area contributed by atoms with Crippen molar-refractivity contribution in [3.05, 3.63) is 12.2 Å². The summed E-state index contributed by atoms with van der Waals surface area (Å²) in [5.41, 5.74) is 0. The predicted octanol–water partition coefficient (Wildman–Crippen LogP) is 19.3. The first-order valence-corrected chi connectivity index (χ1v) is 29.4. The minimum Gasteiger partial charge on any atom is -0.394 e. The zero-order chi connectivity index (χ0) is 45.6. The molecular formula is C59H117NO3. The van der Waals surface area contributed by atoms with Gasteiger partial charge in [-0.15, -0.1) is 0 Å². The first-order valence-electron chi connectivity index (χ1n) is 29.4. The van der Waals surface area contributed by atoms with Gasteiger partial charge in [-0.1, -0.05) is 328 Å². The maximum Gasteiger partial charge on any atom is 0.220 e. The van der Waals surface area contributed by atoms with Gasteiger partial charge < -0.3 is 15.5 Å². The Morgan fingerprint density at radius 1 is 0.365 bits per heavy atom. The van der Waals surface area contributed by atoms with Gasteiger partial charge >= 0.3 is 0 Å². The molecule has 1 amide bonds. The Bertz CT molecular complexity index is 875. The number of allylic oxidation sites excluding steroid dienone is 1.